The van der Waals surface area contributed by atoms with Gasteiger partial charge in [-0.05, 0) is 26.0 Å². The second-order valence-corrected chi connectivity index (χ2v) is 4.30. The van der Waals surface area contributed by atoms with Crippen LogP contribution in [0.1, 0.15) is 13.8 Å². The van der Waals surface area contributed by atoms with Crippen LogP contribution in [0.5, 0.6) is 5.75 Å². The summed E-state index contributed by atoms with van der Waals surface area (Å²) < 4.78 is 19.3. The van der Waals surface area contributed by atoms with Crippen molar-refractivity contribution in [1.29, 1.82) is 0 Å². The van der Waals surface area contributed by atoms with Crippen molar-refractivity contribution in [1.82, 2.24) is 10.7 Å². The Labute approximate surface area is 109 Å². The molecule has 102 valence electrons. The quantitative estimate of drug-likeness (QED) is 0.862. The molecule has 3 amide bonds. The van der Waals surface area contributed by atoms with Crippen molar-refractivity contribution in [2.45, 2.75) is 20.0 Å². The van der Waals surface area contributed by atoms with Gasteiger partial charge in [0.15, 0.2) is 5.82 Å². The van der Waals surface area contributed by atoms with Crippen LogP contribution in [0.15, 0.2) is 18.2 Å². The van der Waals surface area contributed by atoms with E-state index < -0.39 is 17.8 Å². The summed E-state index contributed by atoms with van der Waals surface area (Å²) in [5.41, 5.74) is 2.56. The number of halogens is 1. The van der Waals surface area contributed by atoms with Crippen molar-refractivity contribution >= 4 is 17.6 Å². The van der Waals surface area contributed by atoms with Crippen molar-refractivity contribution in [2.24, 2.45) is 0 Å². The summed E-state index contributed by atoms with van der Waals surface area (Å²) in [5.74, 6) is -0.693. The Morgan fingerprint density at radius 2 is 2.11 bits per heavy atom. The van der Waals surface area contributed by atoms with Gasteiger partial charge in [0, 0.05) is 6.07 Å². The van der Waals surface area contributed by atoms with Gasteiger partial charge in [0.25, 0.3) is 0 Å². The van der Waals surface area contributed by atoms with E-state index in [0.29, 0.717) is 5.75 Å². The van der Waals surface area contributed by atoms with Crippen LogP contribution >= 0.6 is 0 Å². The highest BCUT2D eigenvalue weighted by Gasteiger charge is 2.26. The van der Waals surface area contributed by atoms with Gasteiger partial charge in [-0.1, -0.05) is 0 Å². The molecular weight excluding hydrogens is 253 g/mol. The highest BCUT2D eigenvalue weighted by Crippen LogP contribution is 2.24. The van der Waals surface area contributed by atoms with Gasteiger partial charge in [0.2, 0.25) is 5.91 Å². The zero-order valence-electron chi connectivity index (χ0n) is 10.6. The van der Waals surface area contributed by atoms with Gasteiger partial charge >= 0.3 is 6.03 Å². The topological polar surface area (TPSA) is 70.7 Å². The fourth-order valence-electron chi connectivity index (χ4n) is 1.65. The van der Waals surface area contributed by atoms with Gasteiger partial charge in [-0.2, -0.15) is 0 Å². The third-order valence-electron chi connectivity index (χ3n) is 2.38. The molecule has 1 aliphatic heterocycles. The van der Waals surface area contributed by atoms with Crippen molar-refractivity contribution in [3.05, 3.63) is 24.0 Å². The minimum absolute atomic E-state index is 0.0288. The zero-order chi connectivity index (χ0) is 14.0. The number of hydrogen-bond acceptors (Lipinski definition) is 4. The van der Waals surface area contributed by atoms with E-state index in [0.717, 1.165) is 5.01 Å². The molecular formula is C12H14FN3O3. The number of hydrogen-bond donors (Lipinski definition) is 2. The first-order valence-corrected chi connectivity index (χ1v) is 5.81. The number of imide groups is 1. The number of amides is 3. The van der Waals surface area contributed by atoms with Crippen molar-refractivity contribution < 1.29 is 18.7 Å². The minimum Gasteiger partial charge on any atom is -0.491 e. The molecule has 1 aromatic rings. The first kappa shape index (κ1) is 13.3. The predicted octanol–water partition coefficient (Wildman–Crippen LogP) is 1.17. The maximum absolute atomic E-state index is 13.9. The summed E-state index contributed by atoms with van der Waals surface area (Å²) in [7, 11) is 0. The van der Waals surface area contributed by atoms with Crippen LogP contribution in [0.3, 0.4) is 0 Å². The third kappa shape index (κ3) is 3.00. The molecule has 0 spiro atoms. The molecule has 1 aliphatic rings. The zero-order valence-corrected chi connectivity index (χ0v) is 10.6. The molecule has 0 saturated carbocycles. The van der Waals surface area contributed by atoms with Crippen molar-refractivity contribution in [3.8, 4) is 5.75 Å². The number of nitrogens with zero attached hydrogens (tertiary/aromatic N) is 1. The smallest absolute Gasteiger partial charge is 0.343 e. The molecule has 0 aliphatic carbocycles. The fourth-order valence-corrected chi connectivity index (χ4v) is 1.65. The summed E-state index contributed by atoms with van der Waals surface area (Å²) in [6.07, 6.45) is -0.0701. The minimum atomic E-state index is -0.715. The lowest BCUT2D eigenvalue weighted by Gasteiger charge is -2.27. The standard InChI is InChI=1S/C12H14FN3O3/c1-7(2)19-8-3-4-10(9(13)5-8)16-12(18)15-11(17)6-14-16/h3-5,7,14H,6H2,1-2H3,(H,15,17,18). The Morgan fingerprint density at radius 3 is 2.68 bits per heavy atom. The monoisotopic (exact) mass is 267 g/mol. The van der Waals surface area contributed by atoms with E-state index in [9.17, 15) is 14.0 Å². The van der Waals surface area contributed by atoms with Gasteiger partial charge in [-0.3, -0.25) is 10.1 Å². The molecule has 1 heterocycles. The third-order valence-corrected chi connectivity index (χ3v) is 2.38. The summed E-state index contributed by atoms with van der Waals surface area (Å²) in [5, 5.41) is 3.04. The molecule has 1 aromatic carbocycles. The van der Waals surface area contributed by atoms with E-state index in [4.69, 9.17) is 4.74 Å². The van der Waals surface area contributed by atoms with E-state index in [1.165, 1.54) is 12.1 Å². The van der Waals surface area contributed by atoms with Gasteiger partial charge in [0.05, 0.1) is 18.3 Å². The van der Waals surface area contributed by atoms with Crippen LogP contribution in [-0.4, -0.2) is 24.6 Å². The van der Waals surface area contributed by atoms with Crippen LogP contribution in [0.25, 0.3) is 0 Å². The number of benzene rings is 1. The van der Waals surface area contributed by atoms with Gasteiger partial charge < -0.3 is 4.74 Å². The van der Waals surface area contributed by atoms with Gasteiger partial charge in [-0.15, -0.1) is 0 Å². The molecule has 1 fully saturated rings. The molecule has 0 radical (unpaired) electrons. The number of carbonyl (C=O) groups is 2. The molecule has 0 unspecified atom stereocenters. The number of rotatable bonds is 3. The average molecular weight is 267 g/mol. The molecule has 2 N–H and O–H groups in total. The second-order valence-electron chi connectivity index (χ2n) is 4.30. The summed E-state index contributed by atoms with van der Waals surface area (Å²) in [6, 6.07) is 3.45. The fraction of sp³-hybridized carbons (Fsp3) is 0.333. The first-order chi connectivity index (χ1) is 8.97. The van der Waals surface area contributed by atoms with Gasteiger partial charge in [0.1, 0.15) is 5.75 Å². The Hall–Kier alpha value is -2.15. The Bertz CT molecular complexity index is 519. The summed E-state index contributed by atoms with van der Waals surface area (Å²) in [6.45, 7) is 3.57. The Balaban J connectivity index is 2.21. The van der Waals surface area contributed by atoms with Crippen LogP contribution in [-0.2, 0) is 4.79 Å². The van der Waals surface area contributed by atoms with E-state index >= 15 is 0 Å². The second kappa shape index (κ2) is 5.23. The number of anilines is 1. The Kier molecular flexibility index (Phi) is 3.66. The van der Waals surface area contributed by atoms with Crippen molar-refractivity contribution in [2.75, 3.05) is 11.6 Å². The van der Waals surface area contributed by atoms with Crippen LogP contribution in [0.4, 0.5) is 14.9 Å². The van der Waals surface area contributed by atoms with Crippen molar-refractivity contribution in [3.63, 3.8) is 0 Å². The lowest BCUT2D eigenvalue weighted by Crippen LogP contribution is -2.59. The average Bonchev–Trinajstić information content (AvgIpc) is 2.30. The van der Waals surface area contributed by atoms with E-state index in [2.05, 4.69) is 10.7 Å². The maximum Gasteiger partial charge on any atom is 0.343 e. The van der Waals surface area contributed by atoms with Gasteiger partial charge in [-0.25, -0.2) is 19.6 Å². The first-order valence-electron chi connectivity index (χ1n) is 5.81. The van der Waals surface area contributed by atoms with E-state index in [-0.39, 0.29) is 18.3 Å². The largest absolute Gasteiger partial charge is 0.491 e. The molecule has 1 saturated heterocycles. The maximum atomic E-state index is 13.9. The molecule has 2 rings (SSSR count). The number of nitrogens with one attached hydrogen (secondary N) is 2. The highest BCUT2D eigenvalue weighted by molar-refractivity contribution is 6.05. The van der Waals surface area contributed by atoms with Crippen LogP contribution < -0.4 is 20.5 Å². The van der Waals surface area contributed by atoms with E-state index in [1.54, 1.807) is 6.07 Å². The number of ether oxygens (including phenoxy) is 1. The highest BCUT2D eigenvalue weighted by atomic mass is 19.1. The van der Waals surface area contributed by atoms with Crippen LogP contribution in [0.2, 0.25) is 0 Å². The molecule has 7 heteroatoms. The number of urea groups is 1. The molecule has 6 nitrogen and oxygen atoms in total. The predicted molar refractivity (Wildman–Crippen MR) is 66.2 cm³/mol. The normalized spacial score (nSPS) is 15.7. The summed E-state index contributed by atoms with van der Waals surface area (Å²) >= 11 is 0. The number of carbonyl (C=O) groups excluding carboxylic acids is 2. The lowest BCUT2D eigenvalue weighted by atomic mass is 10.2. The molecule has 19 heavy (non-hydrogen) atoms. The SMILES string of the molecule is CC(C)Oc1ccc(N2NCC(=O)NC2=O)c(F)c1. The Morgan fingerprint density at radius 1 is 1.37 bits per heavy atom. The molecule has 0 aromatic heterocycles. The lowest BCUT2D eigenvalue weighted by molar-refractivity contribution is -0.119. The molecule has 0 atom stereocenters. The number of hydrazine groups is 1. The molecule has 0 bridgehead atoms. The van der Waals surface area contributed by atoms with Crippen LogP contribution in [0, 0.1) is 5.82 Å². The van der Waals surface area contributed by atoms with E-state index in [1.807, 2.05) is 13.8 Å². The summed E-state index contributed by atoms with van der Waals surface area (Å²) in [4.78, 5) is 22.5.